The molecule has 0 spiro atoms. The van der Waals surface area contributed by atoms with Gasteiger partial charge in [0.2, 0.25) is 5.91 Å². The number of halogens is 1. The molecule has 1 fully saturated rings. The van der Waals surface area contributed by atoms with Crippen LogP contribution in [-0.4, -0.2) is 28.7 Å². The molecule has 1 heterocycles. The molecule has 4 nitrogen and oxygen atoms in total. The van der Waals surface area contributed by atoms with Crippen molar-refractivity contribution in [3.63, 3.8) is 0 Å². The SMILES string of the molecule is CCNC1(C(N)=O)CCCC1CCSc1ccc(Br)cn1. The van der Waals surface area contributed by atoms with E-state index in [2.05, 4.69) is 26.2 Å². The zero-order valence-electron chi connectivity index (χ0n) is 12.3. The van der Waals surface area contributed by atoms with E-state index in [0.29, 0.717) is 5.92 Å². The van der Waals surface area contributed by atoms with Crippen LogP contribution < -0.4 is 11.1 Å². The number of rotatable bonds is 7. The highest BCUT2D eigenvalue weighted by Crippen LogP contribution is 2.39. The zero-order chi connectivity index (χ0) is 15.3. The topological polar surface area (TPSA) is 68.0 Å². The van der Waals surface area contributed by atoms with E-state index >= 15 is 0 Å². The minimum absolute atomic E-state index is 0.196. The molecule has 0 bridgehead atoms. The minimum Gasteiger partial charge on any atom is -0.368 e. The van der Waals surface area contributed by atoms with Crippen LogP contribution in [-0.2, 0) is 4.79 Å². The Morgan fingerprint density at radius 3 is 3.05 bits per heavy atom. The third kappa shape index (κ3) is 3.99. The Morgan fingerprint density at radius 2 is 2.43 bits per heavy atom. The number of primary amides is 1. The van der Waals surface area contributed by atoms with Crippen molar-refractivity contribution in [2.24, 2.45) is 11.7 Å². The normalized spacial score (nSPS) is 25.1. The van der Waals surface area contributed by atoms with Crippen molar-refractivity contribution < 1.29 is 4.79 Å². The van der Waals surface area contributed by atoms with E-state index in [0.717, 1.165) is 47.5 Å². The predicted octanol–water partition coefficient (Wildman–Crippen LogP) is 2.96. The molecule has 6 heteroatoms. The Kier molecular flexibility index (Phi) is 6.08. The highest BCUT2D eigenvalue weighted by Gasteiger charge is 2.46. The van der Waals surface area contributed by atoms with Crippen LogP contribution in [0.4, 0.5) is 0 Å². The van der Waals surface area contributed by atoms with Crippen molar-refractivity contribution in [2.75, 3.05) is 12.3 Å². The van der Waals surface area contributed by atoms with Crippen LogP contribution in [0.25, 0.3) is 0 Å². The van der Waals surface area contributed by atoms with Crippen LogP contribution in [0.1, 0.15) is 32.6 Å². The number of nitrogens with zero attached hydrogens (tertiary/aromatic N) is 1. The number of thioether (sulfide) groups is 1. The summed E-state index contributed by atoms with van der Waals surface area (Å²) < 4.78 is 0.988. The van der Waals surface area contributed by atoms with Gasteiger partial charge < -0.3 is 11.1 Å². The number of aromatic nitrogens is 1. The molecular weight excluding hydrogens is 350 g/mol. The van der Waals surface area contributed by atoms with Crippen molar-refractivity contribution in [3.8, 4) is 0 Å². The van der Waals surface area contributed by atoms with Gasteiger partial charge in [0.25, 0.3) is 0 Å². The summed E-state index contributed by atoms with van der Waals surface area (Å²) in [7, 11) is 0. The molecule has 3 N–H and O–H groups in total. The summed E-state index contributed by atoms with van der Waals surface area (Å²) in [6, 6.07) is 4.01. The standard InChI is InChI=1S/C15H22BrN3OS/c1-2-19-15(14(17)20)8-3-4-11(15)7-9-21-13-6-5-12(16)10-18-13/h5-6,10-11,19H,2-4,7-9H2,1H3,(H2,17,20). The third-order valence-electron chi connectivity index (χ3n) is 4.17. The van der Waals surface area contributed by atoms with E-state index in [4.69, 9.17) is 5.73 Å². The summed E-state index contributed by atoms with van der Waals surface area (Å²) in [6.07, 6.45) is 5.80. The van der Waals surface area contributed by atoms with Gasteiger partial charge in [-0.25, -0.2) is 4.98 Å². The van der Waals surface area contributed by atoms with Crippen LogP contribution in [0, 0.1) is 5.92 Å². The van der Waals surface area contributed by atoms with Gasteiger partial charge in [-0.05, 0) is 65.5 Å². The first-order valence-electron chi connectivity index (χ1n) is 7.38. The first kappa shape index (κ1) is 16.8. The molecule has 1 aromatic rings. The molecule has 0 aromatic carbocycles. The fourth-order valence-corrected chi connectivity index (χ4v) is 4.32. The van der Waals surface area contributed by atoms with Crippen molar-refractivity contribution in [2.45, 2.75) is 43.2 Å². The summed E-state index contributed by atoms with van der Waals surface area (Å²) >= 11 is 5.12. The van der Waals surface area contributed by atoms with Gasteiger partial charge in [-0.2, -0.15) is 0 Å². The molecule has 0 saturated heterocycles. The number of hydrogen-bond donors (Lipinski definition) is 2. The van der Waals surface area contributed by atoms with Gasteiger partial charge in [0.05, 0.1) is 5.03 Å². The molecule has 1 aliphatic rings. The maximum Gasteiger partial charge on any atom is 0.238 e. The van der Waals surface area contributed by atoms with Gasteiger partial charge in [-0.3, -0.25) is 4.79 Å². The van der Waals surface area contributed by atoms with E-state index in [1.807, 2.05) is 25.3 Å². The van der Waals surface area contributed by atoms with Gasteiger partial charge in [0.1, 0.15) is 5.54 Å². The molecule has 0 aliphatic heterocycles. The highest BCUT2D eigenvalue weighted by molar-refractivity contribution is 9.10. The summed E-state index contributed by atoms with van der Waals surface area (Å²) in [6.45, 7) is 2.81. The Morgan fingerprint density at radius 1 is 1.62 bits per heavy atom. The van der Waals surface area contributed by atoms with E-state index in [9.17, 15) is 4.79 Å². The molecule has 21 heavy (non-hydrogen) atoms. The summed E-state index contributed by atoms with van der Waals surface area (Å²) in [4.78, 5) is 16.3. The molecule has 2 rings (SSSR count). The van der Waals surface area contributed by atoms with Crippen molar-refractivity contribution in [1.29, 1.82) is 0 Å². The largest absolute Gasteiger partial charge is 0.368 e. The summed E-state index contributed by atoms with van der Waals surface area (Å²) in [5.41, 5.74) is 5.19. The number of amides is 1. The Balaban J connectivity index is 1.92. The smallest absolute Gasteiger partial charge is 0.238 e. The van der Waals surface area contributed by atoms with Gasteiger partial charge in [0.15, 0.2) is 0 Å². The quantitative estimate of drug-likeness (QED) is 0.722. The number of carbonyl (C=O) groups is 1. The third-order valence-corrected chi connectivity index (χ3v) is 5.62. The lowest BCUT2D eigenvalue weighted by molar-refractivity contribution is -0.125. The van der Waals surface area contributed by atoms with Gasteiger partial charge in [-0.1, -0.05) is 13.3 Å². The summed E-state index contributed by atoms with van der Waals surface area (Å²) in [5.74, 6) is 1.09. The molecule has 1 saturated carbocycles. The lowest BCUT2D eigenvalue weighted by Gasteiger charge is -2.33. The second-order valence-corrected chi connectivity index (χ2v) is 7.44. The lowest BCUT2D eigenvalue weighted by atomic mass is 9.84. The first-order chi connectivity index (χ1) is 10.1. The molecule has 2 atom stereocenters. The number of likely N-dealkylation sites (N-methyl/N-ethyl adjacent to an activating group) is 1. The molecule has 1 amide bonds. The molecule has 0 radical (unpaired) electrons. The average Bonchev–Trinajstić information content (AvgIpc) is 2.86. The van der Waals surface area contributed by atoms with E-state index in [-0.39, 0.29) is 5.91 Å². The molecular formula is C15H22BrN3OS. The second kappa shape index (κ2) is 7.61. The summed E-state index contributed by atoms with van der Waals surface area (Å²) in [5, 5.41) is 4.38. The zero-order valence-corrected chi connectivity index (χ0v) is 14.7. The van der Waals surface area contributed by atoms with E-state index in [1.165, 1.54) is 0 Å². The monoisotopic (exact) mass is 371 g/mol. The maximum atomic E-state index is 11.9. The Labute approximate surface area is 138 Å². The molecule has 116 valence electrons. The Hall–Kier alpha value is -0.590. The highest BCUT2D eigenvalue weighted by atomic mass is 79.9. The average molecular weight is 372 g/mol. The van der Waals surface area contributed by atoms with Gasteiger partial charge in [-0.15, -0.1) is 11.8 Å². The molecule has 1 aliphatic carbocycles. The number of nitrogens with one attached hydrogen (secondary N) is 1. The Bertz CT molecular complexity index is 482. The number of carbonyl (C=O) groups excluding carboxylic acids is 1. The fourth-order valence-electron chi connectivity index (χ4n) is 3.18. The van der Waals surface area contributed by atoms with E-state index in [1.54, 1.807) is 11.8 Å². The molecule has 2 unspecified atom stereocenters. The van der Waals surface area contributed by atoms with Crippen molar-refractivity contribution in [3.05, 3.63) is 22.8 Å². The van der Waals surface area contributed by atoms with Crippen LogP contribution in [0.5, 0.6) is 0 Å². The van der Waals surface area contributed by atoms with Crippen LogP contribution in [0.15, 0.2) is 27.8 Å². The number of nitrogens with two attached hydrogens (primary N) is 1. The van der Waals surface area contributed by atoms with Gasteiger partial charge in [0, 0.05) is 10.7 Å². The minimum atomic E-state index is -0.498. The van der Waals surface area contributed by atoms with E-state index < -0.39 is 5.54 Å². The van der Waals surface area contributed by atoms with Crippen LogP contribution in [0.2, 0.25) is 0 Å². The van der Waals surface area contributed by atoms with Crippen molar-refractivity contribution in [1.82, 2.24) is 10.3 Å². The number of hydrogen-bond acceptors (Lipinski definition) is 4. The van der Waals surface area contributed by atoms with Crippen LogP contribution in [0.3, 0.4) is 0 Å². The van der Waals surface area contributed by atoms with Crippen LogP contribution >= 0.6 is 27.7 Å². The van der Waals surface area contributed by atoms with Crippen molar-refractivity contribution >= 4 is 33.6 Å². The maximum absolute atomic E-state index is 11.9. The lowest BCUT2D eigenvalue weighted by Crippen LogP contribution is -2.57. The first-order valence-corrected chi connectivity index (χ1v) is 9.15. The second-order valence-electron chi connectivity index (χ2n) is 5.41. The fraction of sp³-hybridized carbons (Fsp3) is 0.600. The van der Waals surface area contributed by atoms with Gasteiger partial charge >= 0.3 is 0 Å². The predicted molar refractivity (Wildman–Crippen MR) is 90.2 cm³/mol. The molecule has 1 aromatic heterocycles. The number of pyridine rings is 1.